The number of aliphatic hydroxyl groups is 1. The fourth-order valence-electron chi connectivity index (χ4n) is 3.37. The van der Waals surface area contributed by atoms with Crippen molar-refractivity contribution in [3.63, 3.8) is 0 Å². The van der Waals surface area contributed by atoms with E-state index in [-0.39, 0.29) is 11.3 Å². The first-order chi connectivity index (χ1) is 16.5. The number of aliphatic carboxylic acids is 1. The highest BCUT2D eigenvalue weighted by molar-refractivity contribution is 8.13. The van der Waals surface area contributed by atoms with E-state index in [0.717, 1.165) is 24.7 Å². The SMILES string of the molecule is CC(OC(=O)SCC(=O)O)[n+]1cnn(C[C@](O)(c2ccc(F)cc2F)[C@@H](C)c2ncncc2F)c1. The van der Waals surface area contributed by atoms with Crippen LogP contribution in [-0.4, -0.2) is 47.0 Å². The number of benzene rings is 1. The summed E-state index contributed by atoms with van der Waals surface area (Å²) >= 11 is 0.466. The first-order valence-corrected chi connectivity index (χ1v) is 11.1. The Morgan fingerprint density at radius 1 is 1.26 bits per heavy atom. The maximum absolute atomic E-state index is 14.8. The summed E-state index contributed by atoms with van der Waals surface area (Å²) < 4.78 is 50.4. The van der Waals surface area contributed by atoms with Crippen molar-refractivity contribution >= 4 is 23.0 Å². The average Bonchev–Trinajstić information content (AvgIpc) is 3.25. The molecule has 14 heteroatoms. The minimum Gasteiger partial charge on any atom is -0.481 e. The van der Waals surface area contributed by atoms with E-state index in [0.29, 0.717) is 17.8 Å². The van der Waals surface area contributed by atoms with Crippen LogP contribution in [0.5, 0.6) is 0 Å². The molecule has 2 N–H and O–H groups in total. The number of nitrogens with zero attached hydrogens (tertiary/aromatic N) is 5. The molecule has 0 amide bonds. The molecule has 0 saturated heterocycles. The van der Waals surface area contributed by atoms with Crippen LogP contribution < -0.4 is 4.57 Å². The van der Waals surface area contributed by atoms with E-state index in [9.17, 15) is 27.9 Å². The number of carboxylic acid groups (broad SMARTS) is 1. The van der Waals surface area contributed by atoms with Gasteiger partial charge in [0.1, 0.15) is 35.9 Å². The van der Waals surface area contributed by atoms with E-state index < -0.39 is 58.8 Å². The molecule has 1 aromatic carbocycles. The number of aromatic nitrogens is 5. The predicted molar refractivity (Wildman–Crippen MR) is 114 cm³/mol. The molecule has 0 bridgehead atoms. The molecule has 0 fully saturated rings. The van der Waals surface area contributed by atoms with Gasteiger partial charge in [-0.3, -0.25) is 4.79 Å². The summed E-state index contributed by atoms with van der Waals surface area (Å²) in [5.41, 5.74) is -2.64. The van der Waals surface area contributed by atoms with Gasteiger partial charge >= 0.3 is 11.3 Å². The smallest absolute Gasteiger partial charge is 0.370 e. The molecule has 0 aliphatic rings. The number of carbonyl (C=O) groups is 2. The number of hydrogen-bond acceptors (Lipinski definition) is 8. The van der Waals surface area contributed by atoms with Crippen molar-refractivity contribution in [3.8, 4) is 0 Å². The fourth-order valence-corrected chi connectivity index (χ4v) is 3.82. The Balaban J connectivity index is 1.90. The molecule has 3 aromatic rings. The summed E-state index contributed by atoms with van der Waals surface area (Å²) in [6.07, 6.45) is 3.69. The van der Waals surface area contributed by atoms with Gasteiger partial charge in [0.2, 0.25) is 12.6 Å². The summed E-state index contributed by atoms with van der Waals surface area (Å²) in [5, 5.41) is 23.6. The summed E-state index contributed by atoms with van der Waals surface area (Å²) in [6.45, 7) is 2.51. The van der Waals surface area contributed by atoms with Gasteiger partial charge in [0, 0.05) is 29.6 Å². The number of rotatable bonds is 9. The van der Waals surface area contributed by atoms with E-state index in [2.05, 4.69) is 15.1 Å². The standard InChI is InChI=1S/C21H20F3N5O5S/c1-12(19-17(24)6-25-9-26-19)21(33,15-4-3-14(22)5-16(15)23)8-29-11-28(10-27-29)13(2)34-20(32)35-7-18(30)31/h3-6,9-13,33H,7-8H2,1-2H3/p+1/t12-,13?,21+/m0/s1. The Morgan fingerprint density at radius 3 is 2.66 bits per heavy atom. The van der Waals surface area contributed by atoms with Crippen LogP contribution in [-0.2, 0) is 21.7 Å². The average molecular weight is 512 g/mol. The third kappa shape index (κ3) is 6.14. The van der Waals surface area contributed by atoms with Crippen LogP contribution in [0, 0.1) is 17.5 Å². The second-order valence-corrected chi connectivity index (χ2v) is 8.48. The Hall–Kier alpha value is -3.52. The van der Waals surface area contributed by atoms with Crippen molar-refractivity contribution in [2.75, 3.05) is 5.75 Å². The van der Waals surface area contributed by atoms with E-state index in [4.69, 9.17) is 9.84 Å². The van der Waals surface area contributed by atoms with E-state index >= 15 is 0 Å². The molecule has 0 saturated carbocycles. The third-order valence-electron chi connectivity index (χ3n) is 5.22. The van der Waals surface area contributed by atoms with E-state index in [1.165, 1.54) is 35.8 Å². The second kappa shape index (κ2) is 10.8. The number of thioether (sulfide) groups is 1. The van der Waals surface area contributed by atoms with Crippen LogP contribution in [0.4, 0.5) is 18.0 Å². The van der Waals surface area contributed by atoms with Crippen molar-refractivity contribution in [1.82, 2.24) is 19.7 Å². The highest BCUT2D eigenvalue weighted by Gasteiger charge is 2.43. The van der Waals surface area contributed by atoms with Crippen molar-refractivity contribution in [2.24, 2.45) is 0 Å². The molecular formula is C21H21F3N5O5S+. The van der Waals surface area contributed by atoms with Crippen molar-refractivity contribution < 1.29 is 42.3 Å². The van der Waals surface area contributed by atoms with Crippen LogP contribution >= 0.6 is 11.8 Å². The number of carbonyl (C=O) groups excluding carboxylic acids is 1. The van der Waals surface area contributed by atoms with E-state index in [1.807, 2.05) is 0 Å². The summed E-state index contributed by atoms with van der Waals surface area (Å²) in [6, 6.07) is 2.62. The van der Waals surface area contributed by atoms with Crippen LogP contribution in [0.15, 0.2) is 43.4 Å². The number of ether oxygens (including phenoxy) is 1. The lowest BCUT2D eigenvalue weighted by atomic mass is 9.79. The zero-order chi connectivity index (χ0) is 25.8. The van der Waals surface area contributed by atoms with Gasteiger partial charge in [-0.15, -0.1) is 4.68 Å². The van der Waals surface area contributed by atoms with Crippen LogP contribution in [0.3, 0.4) is 0 Å². The van der Waals surface area contributed by atoms with Gasteiger partial charge in [-0.2, -0.15) is 4.57 Å². The minimum atomic E-state index is -2.14. The summed E-state index contributed by atoms with van der Waals surface area (Å²) in [4.78, 5) is 29.8. The molecule has 2 heterocycles. The highest BCUT2D eigenvalue weighted by Crippen LogP contribution is 2.39. The molecule has 10 nitrogen and oxygen atoms in total. The molecule has 3 rings (SSSR count). The Morgan fingerprint density at radius 2 is 2.00 bits per heavy atom. The van der Waals surface area contributed by atoms with Crippen LogP contribution in [0.25, 0.3) is 0 Å². The molecule has 186 valence electrons. The quantitative estimate of drug-likeness (QED) is 0.328. The number of hydrogen-bond donors (Lipinski definition) is 2. The molecule has 2 aromatic heterocycles. The van der Waals surface area contributed by atoms with Crippen molar-refractivity contribution in [2.45, 2.75) is 38.1 Å². The lowest BCUT2D eigenvalue weighted by molar-refractivity contribution is -0.753. The molecule has 0 spiro atoms. The Labute approximate surface area is 201 Å². The molecule has 0 radical (unpaired) electrons. The zero-order valence-corrected chi connectivity index (χ0v) is 19.3. The van der Waals surface area contributed by atoms with Crippen molar-refractivity contribution in [1.29, 1.82) is 0 Å². The number of carboxylic acids is 1. The predicted octanol–water partition coefficient (Wildman–Crippen LogP) is 2.54. The molecule has 0 aliphatic heterocycles. The first-order valence-electron chi connectivity index (χ1n) is 10.1. The van der Waals surface area contributed by atoms with Gasteiger partial charge < -0.3 is 14.9 Å². The normalized spacial score (nSPS) is 14.7. The fraction of sp³-hybridized carbons (Fsp3) is 0.333. The molecule has 35 heavy (non-hydrogen) atoms. The second-order valence-electron chi connectivity index (χ2n) is 7.57. The van der Waals surface area contributed by atoms with Gasteiger partial charge in [-0.1, -0.05) is 13.0 Å². The maximum Gasteiger partial charge on any atom is 0.370 e. The maximum atomic E-state index is 14.8. The van der Waals surface area contributed by atoms with Gasteiger partial charge in [0.15, 0.2) is 5.82 Å². The summed E-state index contributed by atoms with van der Waals surface area (Å²) in [5.74, 6) is -5.51. The van der Waals surface area contributed by atoms with Crippen LogP contribution in [0.1, 0.15) is 37.3 Å². The van der Waals surface area contributed by atoms with Gasteiger partial charge in [0.05, 0.1) is 11.9 Å². The van der Waals surface area contributed by atoms with Crippen molar-refractivity contribution in [3.05, 3.63) is 72.1 Å². The van der Waals surface area contributed by atoms with E-state index in [1.54, 1.807) is 0 Å². The Kier molecular flexibility index (Phi) is 8.07. The molecular weight excluding hydrogens is 491 g/mol. The Bertz CT molecular complexity index is 1230. The lowest BCUT2D eigenvalue weighted by Gasteiger charge is -2.32. The highest BCUT2D eigenvalue weighted by atomic mass is 32.2. The largest absolute Gasteiger partial charge is 0.481 e. The lowest BCUT2D eigenvalue weighted by Crippen LogP contribution is -2.40. The molecule has 3 atom stereocenters. The van der Waals surface area contributed by atoms with Crippen LogP contribution in [0.2, 0.25) is 0 Å². The van der Waals surface area contributed by atoms with Gasteiger partial charge in [-0.05, 0) is 17.8 Å². The zero-order valence-electron chi connectivity index (χ0n) is 18.5. The number of halogens is 3. The van der Waals surface area contributed by atoms with Gasteiger partial charge in [-0.25, -0.2) is 27.9 Å². The summed E-state index contributed by atoms with van der Waals surface area (Å²) in [7, 11) is 0. The van der Waals surface area contributed by atoms with Gasteiger partial charge in [0.25, 0.3) is 6.33 Å². The monoisotopic (exact) mass is 512 g/mol. The topological polar surface area (TPSA) is 131 Å². The molecule has 0 aliphatic carbocycles. The minimum absolute atomic E-state index is 0.191. The molecule has 1 unspecified atom stereocenters. The first kappa shape index (κ1) is 26.1. The third-order valence-corrected chi connectivity index (χ3v) is 5.95.